The van der Waals surface area contributed by atoms with Crippen LogP contribution < -0.4 is 4.74 Å². The zero-order valence-electron chi connectivity index (χ0n) is 12.1. The quantitative estimate of drug-likeness (QED) is 0.447. The molecule has 0 atom stereocenters. The van der Waals surface area contributed by atoms with Crippen LogP contribution in [0.5, 0.6) is 11.5 Å². The third-order valence-electron chi connectivity index (χ3n) is 3.37. The summed E-state index contributed by atoms with van der Waals surface area (Å²) in [6.45, 7) is 1.71. The van der Waals surface area contributed by atoms with Crippen LogP contribution in [0, 0.1) is 0 Å². The standard InChI is InChI=1S/C16H14ClN3O2/c1-10(19-21)16-14-8-7-13(9-15(14)20(2)18-16)22-12-5-3-11(17)4-6-12/h3-9,21H,1-2H3/b19-10+. The van der Waals surface area contributed by atoms with Crippen molar-refractivity contribution in [2.24, 2.45) is 12.2 Å². The molecule has 0 aliphatic carbocycles. The van der Waals surface area contributed by atoms with E-state index in [0.29, 0.717) is 27.9 Å². The number of nitrogens with zero attached hydrogens (tertiary/aromatic N) is 3. The number of oxime groups is 1. The van der Waals surface area contributed by atoms with E-state index in [1.807, 2.05) is 37.4 Å². The first-order chi connectivity index (χ1) is 10.6. The number of rotatable bonds is 3. The van der Waals surface area contributed by atoms with E-state index in [-0.39, 0.29) is 0 Å². The highest BCUT2D eigenvalue weighted by Crippen LogP contribution is 2.28. The molecule has 0 aliphatic rings. The molecule has 5 nitrogen and oxygen atoms in total. The molecule has 0 spiro atoms. The van der Waals surface area contributed by atoms with Crippen LogP contribution in [0.4, 0.5) is 0 Å². The van der Waals surface area contributed by atoms with Crippen molar-refractivity contribution in [3.63, 3.8) is 0 Å². The van der Waals surface area contributed by atoms with Crippen LogP contribution in [0.3, 0.4) is 0 Å². The number of hydrogen-bond acceptors (Lipinski definition) is 4. The van der Waals surface area contributed by atoms with Crippen LogP contribution in [-0.4, -0.2) is 20.7 Å². The van der Waals surface area contributed by atoms with Crippen molar-refractivity contribution >= 4 is 28.2 Å². The first kappa shape index (κ1) is 14.4. The average molecular weight is 316 g/mol. The number of ether oxygens (including phenoxy) is 1. The van der Waals surface area contributed by atoms with Crippen LogP contribution in [-0.2, 0) is 7.05 Å². The van der Waals surface area contributed by atoms with E-state index in [1.165, 1.54) is 0 Å². The van der Waals surface area contributed by atoms with Crippen molar-refractivity contribution in [1.29, 1.82) is 0 Å². The molecule has 0 saturated carbocycles. The van der Waals surface area contributed by atoms with E-state index in [2.05, 4.69) is 10.3 Å². The van der Waals surface area contributed by atoms with Gasteiger partial charge in [0.2, 0.25) is 0 Å². The van der Waals surface area contributed by atoms with Gasteiger partial charge in [-0.15, -0.1) is 0 Å². The van der Waals surface area contributed by atoms with Gasteiger partial charge in [-0.2, -0.15) is 5.10 Å². The van der Waals surface area contributed by atoms with Gasteiger partial charge in [-0.3, -0.25) is 4.68 Å². The van der Waals surface area contributed by atoms with Crippen molar-refractivity contribution in [3.05, 3.63) is 53.2 Å². The molecule has 2 aromatic carbocycles. The Morgan fingerprint density at radius 2 is 1.86 bits per heavy atom. The number of aryl methyl sites for hydroxylation is 1. The molecule has 0 saturated heterocycles. The first-order valence-corrected chi connectivity index (χ1v) is 7.05. The van der Waals surface area contributed by atoms with Crippen LogP contribution in [0.1, 0.15) is 12.6 Å². The lowest BCUT2D eigenvalue weighted by molar-refractivity contribution is 0.319. The Bertz CT molecular complexity index is 854. The van der Waals surface area contributed by atoms with Gasteiger partial charge in [-0.1, -0.05) is 16.8 Å². The maximum absolute atomic E-state index is 8.93. The molecule has 3 rings (SSSR count). The highest BCUT2D eigenvalue weighted by Gasteiger charge is 2.12. The minimum Gasteiger partial charge on any atom is -0.457 e. The zero-order valence-corrected chi connectivity index (χ0v) is 12.9. The fraction of sp³-hybridized carbons (Fsp3) is 0.125. The summed E-state index contributed by atoms with van der Waals surface area (Å²) in [5.74, 6) is 1.40. The molecule has 0 radical (unpaired) electrons. The van der Waals surface area contributed by atoms with Gasteiger partial charge in [0.1, 0.15) is 22.9 Å². The van der Waals surface area contributed by atoms with Crippen LogP contribution in [0.2, 0.25) is 5.02 Å². The number of aromatic nitrogens is 2. The van der Waals surface area contributed by atoms with Crippen molar-refractivity contribution in [2.45, 2.75) is 6.92 Å². The second kappa shape index (κ2) is 5.69. The largest absolute Gasteiger partial charge is 0.457 e. The molecule has 0 bridgehead atoms. The summed E-state index contributed by atoms with van der Waals surface area (Å²) in [5, 5.41) is 18.1. The highest BCUT2D eigenvalue weighted by molar-refractivity contribution is 6.30. The Labute approximate surface area is 132 Å². The molecule has 1 aromatic heterocycles. The molecule has 0 aliphatic heterocycles. The lowest BCUT2D eigenvalue weighted by atomic mass is 10.1. The van der Waals surface area contributed by atoms with E-state index < -0.39 is 0 Å². The molecule has 0 unspecified atom stereocenters. The lowest BCUT2D eigenvalue weighted by Gasteiger charge is -2.06. The summed E-state index contributed by atoms with van der Waals surface area (Å²) in [5.41, 5.74) is 2.01. The summed E-state index contributed by atoms with van der Waals surface area (Å²) < 4.78 is 7.54. The highest BCUT2D eigenvalue weighted by atomic mass is 35.5. The predicted molar refractivity (Wildman–Crippen MR) is 86.2 cm³/mol. The Balaban J connectivity index is 2.00. The van der Waals surface area contributed by atoms with Gasteiger partial charge < -0.3 is 9.94 Å². The Kier molecular flexibility index (Phi) is 3.73. The minimum atomic E-state index is 0.469. The second-order valence-electron chi connectivity index (χ2n) is 4.89. The van der Waals surface area contributed by atoms with Crippen LogP contribution >= 0.6 is 11.6 Å². The Hall–Kier alpha value is -2.53. The second-order valence-corrected chi connectivity index (χ2v) is 5.33. The molecule has 6 heteroatoms. The number of halogens is 1. The first-order valence-electron chi connectivity index (χ1n) is 6.67. The predicted octanol–water partition coefficient (Wildman–Crippen LogP) is 4.22. The maximum atomic E-state index is 8.93. The van der Waals surface area contributed by atoms with Crippen LogP contribution in [0.15, 0.2) is 47.6 Å². The van der Waals surface area contributed by atoms with Gasteiger partial charge in [-0.05, 0) is 43.3 Å². The molecule has 0 amide bonds. The van der Waals surface area contributed by atoms with Gasteiger partial charge in [0.05, 0.1) is 5.52 Å². The number of fused-ring (bicyclic) bond motifs is 1. The molecule has 22 heavy (non-hydrogen) atoms. The molecule has 1 N–H and O–H groups in total. The third kappa shape index (κ3) is 2.63. The van der Waals surface area contributed by atoms with Crippen molar-refractivity contribution in [1.82, 2.24) is 9.78 Å². The number of benzene rings is 2. The zero-order chi connectivity index (χ0) is 15.7. The summed E-state index contributed by atoms with van der Waals surface area (Å²) in [7, 11) is 1.84. The fourth-order valence-electron chi connectivity index (χ4n) is 2.25. The van der Waals surface area contributed by atoms with E-state index in [4.69, 9.17) is 21.5 Å². The minimum absolute atomic E-state index is 0.469. The summed E-state index contributed by atoms with van der Waals surface area (Å²) in [6, 6.07) is 12.8. The van der Waals surface area contributed by atoms with Gasteiger partial charge in [0, 0.05) is 23.5 Å². The monoisotopic (exact) mass is 315 g/mol. The van der Waals surface area contributed by atoms with Gasteiger partial charge in [-0.25, -0.2) is 0 Å². The van der Waals surface area contributed by atoms with Gasteiger partial charge in [0.15, 0.2) is 0 Å². The summed E-state index contributed by atoms with van der Waals surface area (Å²) in [6.07, 6.45) is 0. The summed E-state index contributed by atoms with van der Waals surface area (Å²) >= 11 is 5.86. The van der Waals surface area contributed by atoms with Gasteiger partial charge in [0.25, 0.3) is 0 Å². The number of hydrogen-bond donors (Lipinski definition) is 1. The van der Waals surface area contributed by atoms with Crippen LogP contribution in [0.25, 0.3) is 10.9 Å². The Morgan fingerprint density at radius 3 is 2.55 bits per heavy atom. The van der Waals surface area contributed by atoms with Crippen molar-refractivity contribution in [2.75, 3.05) is 0 Å². The average Bonchev–Trinajstić information content (AvgIpc) is 2.86. The topological polar surface area (TPSA) is 59.6 Å². The maximum Gasteiger partial charge on any atom is 0.129 e. The molecule has 3 aromatic rings. The van der Waals surface area contributed by atoms with E-state index in [1.54, 1.807) is 23.7 Å². The third-order valence-corrected chi connectivity index (χ3v) is 3.62. The molecule has 1 heterocycles. The lowest BCUT2D eigenvalue weighted by Crippen LogP contribution is -1.97. The molecular weight excluding hydrogens is 302 g/mol. The smallest absolute Gasteiger partial charge is 0.129 e. The van der Waals surface area contributed by atoms with Gasteiger partial charge >= 0.3 is 0 Å². The molecule has 112 valence electrons. The Morgan fingerprint density at radius 1 is 1.18 bits per heavy atom. The van der Waals surface area contributed by atoms with Crippen molar-refractivity contribution in [3.8, 4) is 11.5 Å². The van der Waals surface area contributed by atoms with Crippen molar-refractivity contribution < 1.29 is 9.94 Å². The molecule has 0 fully saturated rings. The summed E-state index contributed by atoms with van der Waals surface area (Å²) in [4.78, 5) is 0. The fourth-order valence-corrected chi connectivity index (χ4v) is 2.38. The van der Waals surface area contributed by atoms with E-state index in [0.717, 1.165) is 10.9 Å². The SMILES string of the molecule is C/C(=N\O)c1nn(C)c2cc(Oc3ccc(Cl)cc3)ccc12. The van der Waals surface area contributed by atoms with E-state index >= 15 is 0 Å². The van der Waals surface area contributed by atoms with E-state index in [9.17, 15) is 0 Å². The normalized spacial score (nSPS) is 11.9. The molecular formula is C16H14ClN3O2.